The van der Waals surface area contributed by atoms with E-state index in [1.54, 1.807) is 12.1 Å². The molecule has 2 aromatic carbocycles. The number of Topliss-reactive ketones (excluding diaryl/α,β-unsaturated/α-hetero) is 1. The van der Waals surface area contributed by atoms with Gasteiger partial charge in [0.25, 0.3) is 0 Å². The summed E-state index contributed by atoms with van der Waals surface area (Å²) in [5.74, 6) is 1.25. The number of halogens is 1. The van der Waals surface area contributed by atoms with Crippen LogP contribution in [0.1, 0.15) is 56.5 Å². The third kappa shape index (κ3) is 3.25. The first-order chi connectivity index (χ1) is 15.6. The molecular weight excluding hydrogens is 466 g/mol. The summed E-state index contributed by atoms with van der Waals surface area (Å²) >= 11 is 3.37. The van der Waals surface area contributed by atoms with Crippen molar-refractivity contribution >= 4 is 33.4 Å². The number of ether oxygens (including phenoxy) is 1. The van der Waals surface area contributed by atoms with Crippen LogP contribution in [0, 0.1) is 11.8 Å². The summed E-state index contributed by atoms with van der Waals surface area (Å²) in [4.78, 5) is 28.1. The van der Waals surface area contributed by atoms with Crippen molar-refractivity contribution in [2.75, 3.05) is 24.6 Å². The molecule has 0 saturated heterocycles. The largest absolute Gasteiger partial charge is 0.454 e. The van der Waals surface area contributed by atoms with Gasteiger partial charge in [-0.3, -0.25) is 4.79 Å². The summed E-state index contributed by atoms with van der Waals surface area (Å²) in [5.41, 5.74) is 4.92. The molecule has 0 radical (unpaired) electrons. The van der Waals surface area contributed by atoms with Gasteiger partial charge in [0.05, 0.1) is 5.56 Å². The standard InChI is InChI=1S/C27H24BrNO3/c28-20-9-7-16(8-10-20)25(30)15-32-27(31)19-11-23-21-5-1-3-17(21)13-29-14-18-4-2-6-22(18)24(12-19)26(23)29/h1-2,5-12,17-18,21-22H,3-4,13-15H2/t17-,18+,21+,22-. The molecule has 4 aliphatic rings. The number of hydrogen-bond donors (Lipinski definition) is 0. The van der Waals surface area contributed by atoms with E-state index in [0.29, 0.717) is 34.8 Å². The fraction of sp³-hybridized carbons (Fsp3) is 0.333. The number of rotatable bonds is 4. The molecule has 0 unspecified atom stereocenters. The van der Waals surface area contributed by atoms with Crippen LogP contribution in [0.4, 0.5) is 5.69 Å². The fourth-order valence-corrected chi connectivity index (χ4v) is 6.19. The van der Waals surface area contributed by atoms with Gasteiger partial charge < -0.3 is 9.64 Å². The Morgan fingerprint density at radius 1 is 0.906 bits per heavy atom. The van der Waals surface area contributed by atoms with Gasteiger partial charge in [-0.25, -0.2) is 4.79 Å². The van der Waals surface area contributed by atoms with Crippen molar-refractivity contribution in [1.82, 2.24) is 0 Å². The summed E-state index contributed by atoms with van der Waals surface area (Å²) in [5, 5.41) is 0. The Morgan fingerprint density at radius 3 is 2.09 bits per heavy atom. The molecule has 2 aliphatic carbocycles. The van der Waals surface area contributed by atoms with E-state index in [9.17, 15) is 9.59 Å². The van der Waals surface area contributed by atoms with Crippen molar-refractivity contribution in [2.24, 2.45) is 11.8 Å². The van der Waals surface area contributed by atoms with Crippen molar-refractivity contribution in [3.63, 3.8) is 0 Å². The van der Waals surface area contributed by atoms with Gasteiger partial charge >= 0.3 is 5.97 Å². The number of fused-ring (bicyclic) bond motifs is 4. The highest BCUT2D eigenvalue weighted by Gasteiger charge is 2.42. The number of carbonyl (C=O) groups is 2. The van der Waals surface area contributed by atoms with Gasteiger partial charge in [-0.2, -0.15) is 0 Å². The Hall–Kier alpha value is -2.66. The smallest absolute Gasteiger partial charge is 0.338 e. The lowest BCUT2D eigenvalue weighted by atomic mass is 9.74. The number of carbonyl (C=O) groups excluding carboxylic acids is 2. The van der Waals surface area contributed by atoms with E-state index in [0.717, 1.165) is 30.4 Å². The van der Waals surface area contributed by atoms with Crippen LogP contribution in [-0.2, 0) is 4.74 Å². The summed E-state index contributed by atoms with van der Waals surface area (Å²) in [6.45, 7) is 1.93. The van der Waals surface area contributed by atoms with E-state index in [-0.39, 0.29) is 12.4 Å². The third-order valence-corrected chi connectivity index (χ3v) is 7.96. The number of nitrogens with zero attached hydrogens (tertiary/aromatic N) is 1. The van der Waals surface area contributed by atoms with Gasteiger partial charge in [0, 0.05) is 40.6 Å². The lowest BCUT2D eigenvalue weighted by Gasteiger charge is -2.46. The van der Waals surface area contributed by atoms with E-state index in [2.05, 4.69) is 45.1 Å². The average molecular weight is 490 g/mol. The minimum absolute atomic E-state index is 0.200. The summed E-state index contributed by atoms with van der Waals surface area (Å²) in [6.07, 6.45) is 11.4. The normalized spacial score (nSPS) is 26.5. The monoisotopic (exact) mass is 489 g/mol. The highest BCUT2D eigenvalue weighted by Crippen LogP contribution is 2.53. The highest BCUT2D eigenvalue weighted by molar-refractivity contribution is 9.10. The van der Waals surface area contributed by atoms with Crippen LogP contribution in [0.2, 0.25) is 0 Å². The SMILES string of the molecule is O=C(COC(=O)c1cc2c3c(c1)[C@@H]1C=CC[C@H]1CN3C[C@H]1CC=C[C@H]21)c1ccc(Br)cc1. The van der Waals surface area contributed by atoms with Crippen LogP contribution in [0.15, 0.2) is 65.2 Å². The second-order valence-corrected chi connectivity index (χ2v) is 10.2. The molecule has 4 atom stereocenters. The Bertz CT molecular complexity index is 1110. The average Bonchev–Trinajstić information content (AvgIpc) is 3.47. The van der Waals surface area contributed by atoms with E-state index in [1.165, 1.54) is 16.8 Å². The van der Waals surface area contributed by atoms with E-state index >= 15 is 0 Å². The molecule has 162 valence electrons. The molecule has 32 heavy (non-hydrogen) atoms. The van der Waals surface area contributed by atoms with Crippen molar-refractivity contribution in [3.8, 4) is 0 Å². The molecule has 0 aromatic heterocycles. The lowest BCUT2D eigenvalue weighted by molar-refractivity contribution is 0.0474. The number of allylic oxidation sites excluding steroid dienone is 4. The maximum absolute atomic E-state index is 13.0. The van der Waals surface area contributed by atoms with Gasteiger partial charge in [-0.05, 0) is 60.1 Å². The van der Waals surface area contributed by atoms with Crippen molar-refractivity contribution in [3.05, 3.63) is 87.4 Å². The number of hydrogen-bond acceptors (Lipinski definition) is 4. The van der Waals surface area contributed by atoms with Crippen molar-refractivity contribution in [2.45, 2.75) is 24.7 Å². The topological polar surface area (TPSA) is 46.6 Å². The minimum atomic E-state index is -0.422. The zero-order valence-corrected chi connectivity index (χ0v) is 19.3. The summed E-state index contributed by atoms with van der Waals surface area (Å²) in [6, 6.07) is 11.1. The molecule has 2 aromatic rings. The molecular formula is C27H24BrNO3. The van der Waals surface area contributed by atoms with Gasteiger partial charge in [0.1, 0.15) is 0 Å². The molecule has 5 heteroatoms. The van der Waals surface area contributed by atoms with Gasteiger partial charge in [-0.1, -0.05) is 52.4 Å². The van der Waals surface area contributed by atoms with E-state index in [4.69, 9.17) is 4.74 Å². The molecule has 0 amide bonds. The Balaban J connectivity index is 1.31. The van der Waals surface area contributed by atoms with Crippen LogP contribution >= 0.6 is 15.9 Å². The van der Waals surface area contributed by atoms with Crippen LogP contribution in [0.25, 0.3) is 0 Å². The number of benzene rings is 2. The molecule has 2 aliphatic heterocycles. The second kappa shape index (κ2) is 7.73. The predicted octanol–water partition coefficient (Wildman–Crippen LogP) is 5.64. The fourth-order valence-electron chi connectivity index (χ4n) is 5.93. The molecule has 0 fully saturated rings. The van der Waals surface area contributed by atoms with Crippen LogP contribution < -0.4 is 4.90 Å². The molecule has 4 nitrogen and oxygen atoms in total. The first-order valence-corrected chi connectivity index (χ1v) is 12.1. The molecule has 0 saturated carbocycles. The summed E-state index contributed by atoms with van der Waals surface area (Å²) in [7, 11) is 0. The molecule has 2 heterocycles. The van der Waals surface area contributed by atoms with Gasteiger partial charge in [0.2, 0.25) is 0 Å². The Morgan fingerprint density at radius 2 is 1.50 bits per heavy atom. The number of esters is 1. The first-order valence-electron chi connectivity index (χ1n) is 11.3. The van der Waals surface area contributed by atoms with E-state index < -0.39 is 5.97 Å². The Labute approximate surface area is 196 Å². The first kappa shape index (κ1) is 20.0. The maximum Gasteiger partial charge on any atom is 0.338 e. The van der Waals surface area contributed by atoms with Crippen molar-refractivity contribution in [1.29, 1.82) is 0 Å². The molecule has 6 rings (SSSR count). The second-order valence-electron chi connectivity index (χ2n) is 9.31. The van der Waals surface area contributed by atoms with Crippen LogP contribution in [0.3, 0.4) is 0 Å². The van der Waals surface area contributed by atoms with Crippen molar-refractivity contribution < 1.29 is 14.3 Å². The van der Waals surface area contributed by atoms with Gasteiger partial charge in [-0.15, -0.1) is 0 Å². The van der Waals surface area contributed by atoms with Crippen LogP contribution in [-0.4, -0.2) is 31.4 Å². The third-order valence-electron chi connectivity index (χ3n) is 7.43. The number of anilines is 1. The number of ketones is 1. The zero-order chi connectivity index (χ0) is 21.8. The highest BCUT2D eigenvalue weighted by atomic mass is 79.9. The summed E-state index contributed by atoms with van der Waals surface area (Å²) < 4.78 is 6.39. The Kier molecular flexibility index (Phi) is 4.83. The molecule has 0 bridgehead atoms. The van der Waals surface area contributed by atoms with Gasteiger partial charge in [0.15, 0.2) is 12.4 Å². The quantitative estimate of drug-likeness (QED) is 0.316. The lowest BCUT2D eigenvalue weighted by Crippen LogP contribution is -2.43. The minimum Gasteiger partial charge on any atom is -0.454 e. The predicted molar refractivity (Wildman–Crippen MR) is 127 cm³/mol. The molecule has 0 spiro atoms. The van der Waals surface area contributed by atoms with Crippen LogP contribution in [0.5, 0.6) is 0 Å². The zero-order valence-electron chi connectivity index (χ0n) is 17.7. The maximum atomic E-state index is 13.0. The molecule has 0 N–H and O–H groups in total. The van der Waals surface area contributed by atoms with E-state index in [1.807, 2.05) is 24.3 Å².